The summed E-state index contributed by atoms with van der Waals surface area (Å²) in [6, 6.07) is 0. The summed E-state index contributed by atoms with van der Waals surface area (Å²) in [5.74, 6) is -0.601. The summed E-state index contributed by atoms with van der Waals surface area (Å²) >= 11 is 0. The van der Waals surface area contributed by atoms with E-state index in [1.807, 2.05) is 32.1 Å². The Morgan fingerprint density at radius 1 is 1.09 bits per heavy atom. The van der Waals surface area contributed by atoms with Crippen LogP contribution in [0.5, 0.6) is 0 Å². The van der Waals surface area contributed by atoms with Crippen molar-refractivity contribution in [3.05, 3.63) is 47.6 Å². The highest BCUT2D eigenvalue weighted by molar-refractivity contribution is 5.76. The number of hydrogen-bond donors (Lipinski definition) is 1. The summed E-state index contributed by atoms with van der Waals surface area (Å²) < 4.78 is 5.03. The van der Waals surface area contributed by atoms with Crippen LogP contribution in [-0.2, 0) is 9.53 Å². The normalized spacial score (nSPS) is 13.6. The zero-order valence-electron chi connectivity index (χ0n) is 14.3. The fourth-order valence-corrected chi connectivity index (χ4v) is 1.70. The third kappa shape index (κ3) is 12.2. The number of hydrogen-bond acceptors (Lipinski definition) is 3. The Labute approximate surface area is 135 Å². The molecule has 0 aliphatic carbocycles. The first-order valence-electron chi connectivity index (χ1n) is 7.89. The van der Waals surface area contributed by atoms with E-state index in [9.17, 15) is 9.90 Å². The number of ether oxygens (including phenoxy) is 1. The molecule has 0 aromatic carbocycles. The number of allylic oxidation sites excluding steroid dienone is 6. The van der Waals surface area contributed by atoms with Gasteiger partial charge in [0, 0.05) is 0 Å². The molecular formula is C19H30O3. The smallest absolute Gasteiger partial charge is 0.339 e. The van der Waals surface area contributed by atoms with Gasteiger partial charge in [-0.2, -0.15) is 0 Å². The Bertz CT molecular complexity index is 424. The summed E-state index contributed by atoms with van der Waals surface area (Å²) in [6.45, 7) is 8.35. The predicted octanol–water partition coefficient (Wildman–Crippen LogP) is 4.50. The zero-order valence-corrected chi connectivity index (χ0v) is 14.3. The molecule has 3 heteroatoms. The Morgan fingerprint density at radius 3 is 2.41 bits per heavy atom. The molecule has 0 fully saturated rings. The molecule has 0 aliphatic heterocycles. The van der Waals surface area contributed by atoms with Gasteiger partial charge in [-0.1, -0.05) is 35.5 Å². The highest BCUT2D eigenvalue weighted by Crippen LogP contribution is 2.06. The molecule has 0 rings (SSSR count). The lowest BCUT2D eigenvalue weighted by Gasteiger charge is -2.06. The van der Waals surface area contributed by atoms with Crippen LogP contribution in [-0.4, -0.2) is 23.8 Å². The lowest BCUT2D eigenvalue weighted by molar-refractivity contribution is -0.149. The molecule has 0 aliphatic rings. The second-order valence-electron chi connectivity index (χ2n) is 5.52. The van der Waals surface area contributed by atoms with E-state index in [-0.39, 0.29) is 6.61 Å². The quantitative estimate of drug-likeness (QED) is 0.367. The monoisotopic (exact) mass is 306 g/mol. The zero-order chi connectivity index (χ0) is 16.8. The summed E-state index contributed by atoms with van der Waals surface area (Å²) in [6.07, 6.45) is 13.9. The Kier molecular flexibility index (Phi) is 12.1. The van der Waals surface area contributed by atoms with Crippen molar-refractivity contribution < 1.29 is 14.6 Å². The molecule has 22 heavy (non-hydrogen) atoms. The number of carbonyl (C=O) groups is 1. The van der Waals surface area contributed by atoms with Crippen LogP contribution in [0.3, 0.4) is 0 Å². The van der Waals surface area contributed by atoms with Gasteiger partial charge < -0.3 is 9.84 Å². The molecule has 0 amide bonds. The van der Waals surface area contributed by atoms with E-state index in [0.29, 0.717) is 0 Å². The average molecular weight is 306 g/mol. The molecule has 0 spiro atoms. The van der Waals surface area contributed by atoms with Gasteiger partial charge in [0.05, 0.1) is 0 Å². The van der Waals surface area contributed by atoms with Gasteiger partial charge in [-0.05, 0) is 65.5 Å². The van der Waals surface area contributed by atoms with Gasteiger partial charge >= 0.3 is 5.97 Å². The molecule has 3 nitrogen and oxygen atoms in total. The van der Waals surface area contributed by atoms with Gasteiger partial charge in [0.25, 0.3) is 0 Å². The standard InChI is InChI=1S/C19H30O3/c1-5-6-7-8-9-13-18(20)19(21)22-15-14-17(4)12-10-11-16(2)3/h5-6,9,11,13-14,18,20H,7-8,10,12,15H2,1-4H3. The first kappa shape index (κ1) is 20.4. The number of aliphatic hydroxyl groups excluding tert-OH is 1. The molecule has 0 saturated heterocycles. The summed E-state index contributed by atoms with van der Waals surface area (Å²) in [5.41, 5.74) is 2.49. The minimum atomic E-state index is -1.18. The van der Waals surface area contributed by atoms with E-state index in [1.54, 1.807) is 6.08 Å². The third-order valence-electron chi connectivity index (χ3n) is 3.04. The number of aliphatic hydroxyl groups is 1. The van der Waals surface area contributed by atoms with Crippen LogP contribution in [0.1, 0.15) is 53.4 Å². The van der Waals surface area contributed by atoms with E-state index in [2.05, 4.69) is 19.9 Å². The van der Waals surface area contributed by atoms with Gasteiger partial charge in [0.15, 0.2) is 6.10 Å². The molecule has 124 valence electrons. The lowest BCUT2D eigenvalue weighted by Crippen LogP contribution is -2.20. The van der Waals surface area contributed by atoms with E-state index in [1.165, 1.54) is 17.2 Å². The van der Waals surface area contributed by atoms with Crippen LogP contribution in [0.15, 0.2) is 47.6 Å². The maximum atomic E-state index is 11.6. The molecule has 0 bridgehead atoms. The Balaban J connectivity index is 3.98. The highest BCUT2D eigenvalue weighted by atomic mass is 16.5. The van der Waals surface area contributed by atoms with Crippen LogP contribution in [0.4, 0.5) is 0 Å². The topological polar surface area (TPSA) is 46.5 Å². The van der Waals surface area contributed by atoms with Gasteiger partial charge in [0.2, 0.25) is 0 Å². The minimum absolute atomic E-state index is 0.211. The summed E-state index contributed by atoms with van der Waals surface area (Å²) in [7, 11) is 0. The van der Waals surface area contributed by atoms with Crippen LogP contribution in [0, 0.1) is 0 Å². The maximum absolute atomic E-state index is 11.6. The van der Waals surface area contributed by atoms with Gasteiger partial charge in [-0.25, -0.2) is 4.79 Å². The number of unbranched alkanes of at least 4 members (excludes halogenated alkanes) is 1. The average Bonchev–Trinajstić information content (AvgIpc) is 2.46. The van der Waals surface area contributed by atoms with Crippen molar-refractivity contribution in [3.63, 3.8) is 0 Å². The SMILES string of the molecule is CC=CCCC=CC(O)C(=O)OCC=C(C)CCC=C(C)C. The van der Waals surface area contributed by atoms with Crippen molar-refractivity contribution in [2.75, 3.05) is 6.61 Å². The molecular weight excluding hydrogens is 276 g/mol. The van der Waals surface area contributed by atoms with Crippen molar-refractivity contribution in [1.82, 2.24) is 0 Å². The Hall–Kier alpha value is -1.61. The molecule has 1 unspecified atom stereocenters. The lowest BCUT2D eigenvalue weighted by atomic mass is 10.1. The van der Waals surface area contributed by atoms with Crippen LogP contribution >= 0.6 is 0 Å². The second kappa shape index (κ2) is 13.1. The number of esters is 1. The minimum Gasteiger partial charge on any atom is -0.459 e. The van der Waals surface area contributed by atoms with Crippen LogP contribution in [0.25, 0.3) is 0 Å². The molecule has 0 heterocycles. The molecule has 0 radical (unpaired) electrons. The number of carbonyl (C=O) groups excluding carboxylic acids is 1. The summed E-state index contributed by atoms with van der Waals surface area (Å²) in [4.78, 5) is 11.6. The fourth-order valence-electron chi connectivity index (χ4n) is 1.70. The Morgan fingerprint density at radius 2 is 1.77 bits per heavy atom. The molecule has 0 aromatic rings. The molecule has 0 aromatic heterocycles. The van der Waals surface area contributed by atoms with Crippen molar-refractivity contribution in [3.8, 4) is 0 Å². The van der Waals surface area contributed by atoms with Crippen molar-refractivity contribution >= 4 is 5.97 Å². The van der Waals surface area contributed by atoms with E-state index >= 15 is 0 Å². The maximum Gasteiger partial charge on any atom is 0.339 e. The van der Waals surface area contributed by atoms with E-state index in [4.69, 9.17) is 4.74 Å². The first-order valence-corrected chi connectivity index (χ1v) is 7.89. The third-order valence-corrected chi connectivity index (χ3v) is 3.04. The largest absolute Gasteiger partial charge is 0.459 e. The molecule has 0 saturated carbocycles. The van der Waals surface area contributed by atoms with Crippen LogP contribution < -0.4 is 0 Å². The van der Waals surface area contributed by atoms with Crippen molar-refractivity contribution in [2.45, 2.75) is 59.5 Å². The summed E-state index contributed by atoms with van der Waals surface area (Å²) in [5, 5.41) is 9.63. The van der Waals surface area contributed by atoms with Gasteiger partial charge in [0.1, 0.15) is 6.61 Å². The molecule has 1 atom stereocenters. The van der Waals surface area contributed by atoms with Gasteiger partial charge in [-0.15, -0.1) is 0 Å². The highest BCUT2D eigenvalue weighted by Gasteiger charge is 2.11. The fraction of sp³-hybridized carbons (Fsp3) is 0.526. The van der Waals surface area contributed by atoms with E-state index in [0.717, 1.165) is 25.7 Å². The van der Waals surface area contributed by atoms with Gasteiger partial charge in [-0.3, -0.25) is 0 Å². The van der Waals surface area contributed by atoms with Crippen LogP contribution in [0.2, 0.25) is 0 Å². The van der Waals surface area contributed by atoms with E-state index < -0.39 is 12.1 Å². The molecule has 1 N–H and O–H groups in total. The first-order chi connectivity index (χ1) is 10.5. The second-order valence-corrected chi connectivity index (χ2v) is 5.52. The number of rotatable bonds is 10. The van der Waals surface area contributed by atoms with Crippen molar-refractivity contribution in [2.24, 2.45) is 0 Å². The van der Waals surface area contributed by atoms with Crippen molar-refractivity contribution in [1.29, 1.82) is 0 Å². The predicted molar refractivity (Wildman–Crippen MR) is 92.6 cm³/mol.